The maximum atomic E-state index is 14.9. The first-order chi connectivity index (χ1) is 14.7. The quantitative estimate of drug-likeness (QED) is 0.499. The summed E-state index contributed by atoms with van der Waals surface area (Å²) >= 11 is 3.45. The Balaban J connectivity index is 1.70. The number of halogens is 3. The summed E-state index contributed by atoms with van der Waals surface area (Å²) in [5, 5.41) is 10.4. The van der Waals surface area contributed by atoms with Gasteiger partial charge in [-0.2, -0.15) is 4.39 Å². The first kappa shape index (κ1) is 21.5. The minimum absolute atomic E-state index is 0.0135. The highest BCUT2D eigenvalue weighted by atomic mass is 79.9. The van der Waals surface area contributed by atoms with Crippen LogP contribution in [0.5, 0.6) is 5.75 Å². The summed E-state index contributed by atoms with van der Waals surface area (Å²) in [5.74, 6) is -2.27. The van der Waals surface area contributed by atoms with Crippen molar-refractivity contribution < 1.29 is 27.0 Å². The number of pyridine rings is 1. The van der Waals surface area contributed by atoms with Gasteiger partial charge in [0.05, 0.1) is 11.7 Å². The van der Waals surface area contributed by atoms with E-state index in [0.29, 0.717) is 0 Å². The Hall–Kier alpha value is -2.76. The van der Waals surface area contributed by atoms with Crippen LogP contribution in [0.4, 0.5) is 20.3 Å². The molecule has 4 rings (SSSR count). The van der Waals surface area contributed by atoms with E-state index in [4.69, 9.17) is 4.74 Å². The van der Waals surface area contributed by atoms with Crippen LogP contribution in [0, 0.1) is 11.8 Å². The summed E-state index contributed by atoms with van der Waals surface area (Å²) < 4.78 is 61.6. The van der Waals surface area contributed by atoms with E-state index in [0.717, 1.165) is 28.2 Å². The van der Waals surface area contributed by atoms with Crippen LogP contribution in [-0.2, 0) is 10.0 Å². The van der Waals surface area contributed by atoms with Crippen molar-refractivity contribution in [2.24, 2.45) is 0 Å². The number of anilines is 2. The van der Waals surface area contributed by atoms with Crippen LogP contribution in [-0.4, -0.2) is 24.9 Å². The van der Waals surface area contributed by atoms with Crippen molar-refractivity contribution >= 4 is 37.5 Å². The second-order valence-electron chi connectivity index (χ2n) is 6.75. The molecule has 0 saturated heterocycles. The van der Waals surface area contributed by atoms with Gasteiger partial charge in [-0.3, -0.25) is 4.72 Å². The lowest BCUT2D eigenvalue weighted by Gasteiger charge is -2.29. The van der Waals surface area contributed by atoms with Crippen LogP contribution in [0.3, 0.4) is 0 Å². The van der Waals surface area contributed by atoms with Gasteiger partial charge >= 0.3 is 0 Å². The fourth-order valence-electron chi connectivity index (χ4n) is 3.34. The summed E-state index contributed by atoms with van der Waals surface area (Å²) in [6.07, 6.45) is -1.45. The van der Waals surface area contributed by atoms with E-state index in [1.165, 1.54) is 17.0 Å². The number of aromatic nitrogens is 1. The molecule has 0 radical (unpaired) electrons. The van der Waals surface area contributed by atoms with Crippen LogP contribution in [0.1, 0.15) is 18.5 Å². The monoisotopic (exact) mass is 511 g/mol. The fraction of sp³-hybridized carbons (Fsp3) is 0.150. The van der Waals surface area contributed by atoms with Gasteiger partial charge in [-0.1, -0.05) is 40.2 Å². The van der Waals surface area contributed by atoms with Gasteiger partial charge < -0.3 is 14.7 Å². The molecule has 1 aliphatic heterocycles. The highest BCUT2D eigenvalue weighted by Crippen LogP contribution is 2.44. The van der Waals surface area contributed by atoms with Crippen LogP contribution < -0.4 is 14.4 Å². The fourth-order valence-corrected chi connectivity index (χ4v) is 5.03. The molecule has 0 fully saturated rings. The number of nitrogens with one attached hydrogen (secondary N) is 1. The second kappa shape index (κ2) is 8.06. The van der Waals surface area contributed by atoms with E-state index in [-0.39, 0.29) is 17.3 Å². The zero-order valence-corrected chi connectivity index (χ0v) is 18.4. The molecule has 2 aromatic carbocycles. The molecule has 1 aliphatic rings. The van der Waals surface area contributed by atoms with Crippen molar-refractivity contribution in [3.05, 3.63) is 76.4 Å². The van der Waals surface area contributed by atoms with Gasteiger partial charge in [-0.05, 0) is 30.7 Å². The number of aliphatic hydroxyl groups is 1. The zero-order chi connectivity index (χ0) is 22.3. The predicted molar refractivity (Wildman–Crippen MR) is 113 cm³/mol. The van der Waals surface area contributed by atoms with Crippen molar-refractivity contribution in [3.63, 3.8) is 0 Å². The van der Waals surface area contributed by atoms with Crippen LogP contribution in [0.2, 0.25) is 0 Å². The van der Waals surface area contributed by atoms with Gasteiger partial charge in [0.2, 0.25) is 5.95 Å². The van der Waals surface area contributed by atoms with Gasteiger partial charge in [0.1, 0.15) is 22.3 Å². The SMILES string of the molecule is C[C@H](c1ccccc1Br)N1c2cc(F)c(S(=O)(=O)Nc3cccc(F)n3)cc2OC1O. The molecule has 11 heteroatoms. The number of rotatable bonds is 5. The molecule has 2 atom stereocenters. The Morgan fingerprint density at radius 2 is 1.94 bits per heavy atom. The van der Waals surface area contributed by atoms with Crippen LogP contribution in [0.15, 0.2) is 64.0 Å². The van der Waals surface area contributed by atoms with Crippen LogP contribution >= 0.6 is 15.9 Å². The maximum absolute atomic E-state index is 14.9. The summed E-state index contributed by atoms with van der Waals surface area (Å²) in [5.41, 5.74) is 1.00. The molecule has 0 saturated carbocycles. The summed E-state index contributed by atoms with van der Waals surface area (Å²) in [4.78, 5) is 4.12. The standard InChI is InChI=1S/C20H16BrF2N3O4S/c1-11(12-5-2-3-6-13(12)21)26-15-9-14(22)17(10-16(15)30-20(26)27)31(28,29)25-19-8-4-7-18(23)24-19/h2-11,20,27H,1H3,(H,24,25)/t11-,20?/m1/s1. The number of sulfonamides is 1. The van der Waals surface area contributed by atoms with E-state index in [2.05, 4.69) is 20.9 Å². The number of hydrogen-bond donors (Lipinski definition) is 2. The number of fused-ring (bicyclic) bond motifs is 1. The first-order valence-corrected chi connectivity index (χ1v) is 11.3. The predicted octanol–water partition coefficient (Wildman–Crippen LogP) is 4.16. The molecular formula is C20H16BrF2N3O4S. The van der Waals surface area contributed by atoms with Crippen molar-refractivity contribution in [1.29, 1.82) is 0 Å². The molecule has 3 aromatic rings. The van der Waals surface area contributed by atoms with E-state index in [9.17, 15) is 22.3 Å². The zero-order valence-electron chi connectivity index (χ0n) is 16.0. The Morgan fingerprint density at radius 3 is 2.65 bits per heavy atom. The molecule has 2 heterocycles. The topological polar surface area (TPSA) is 91.8 Å². The number of ether oxygens (including phenoxy) is 1. The van der Waals surface area contributed by atoms with Crippen molar-refractivity contribution in [2.75, 3.05) is 9.62 Å². The minimum Gasteiger partial charge on any atom is -0.444 e. The Morgan fingerprint density at radius 1 is 1.19 bits per heavy atom. The largest absolute Gasteiger partial charge is 0.444 e. The maximum Gasteiger partial charge on any atom is 0.282 e. The Bertz CT molecular complexity index is 1260. The van der Waals surface area contributed by atoms with Gasteiger partial charge in [-0.25, -0.2) is 17.8 Å². The lowest BCUT2D eigenvalue weighted by Crippen LogP contribution is -2.36. The third-order valence-corrected chi connectivity index (χ3v) is 6.87. The third-order valence-electron chi connectivity index (χ3n) is 4.78. The minimum atomic E-state index is -4.44. The number of hydrogen-bond acceptors (Lipinski definition) is 6. The van der Waals surface area contributed by atoms with Gasteiger partial charge in [-0.15, -0.1) is 0 Å². The Kier molecular flexibility index (Phi) is 5.58. The summed E-state index contributed by atoms with van der Waals surface area (Å²) in [7, 11) is -4.44. The lowest BCUT2D eigenvalue weighted by atomic mass is 10.1. The number of nitrogens with zero attached hydrogens (tertiary/aromatic N) is 2. The molecule has 1 unspecified atom stereocenters. The molecule has 0 aliphatic carbocycles. The summed E-state index contributed by atoms with van der Waals surface area (Å²) in [6, 6.07) is 12.4. The molecule has 0 amide bonds. The van der Waals surface area contributed by atoms with Crippen LogP contribution in [0.25, 0.3) is 0 Å². The van der Waals surface area contributed by atoms with E-state index in [1.807, 2.05) is 29.0 Å². The van der Waals surface area contributed by atoms with Gasteiger partial charge in [0.15, 0.2) is 0 Å². The second-order valence-corrected chi connectivity index (χ2v) is 9.26. The van der Waals surface area contributed by atoms with E-state index >= 15 is 0 Å². The molecule has 0 bridgehead atoms. The first-order valence-electron chi connectivity index (χ1n) is 9.04. The average molecular weight is 512 g/mol. The highest BCUT2D eigenvalue weighted by Gasteiger charge is 2.37. The molecule has 2 N–H and O–H groups in total. The molecule has 1 aromatic heterocycles. The third kappa shape index (κ3) is 4.08. The smallest absolute Gasteiger partial charge is 0.282 e. The normalized spacial score (nSPS) is 16.5. The Labute approximate surface area is 185 Å². The number of aliphatic hydroxyl groups excluding tert-OH is 1. The van der Waals surface area contributed by atoms with E-state index in [1.54, 1.807) is 6.92 Å². The molecule has 0 spiro atoms. The van der Waals surface area contributed by atoms with E-state index < -0.39 is 39.1 Å². The molecular weight excluding hydrogens is 496 g/mol. The molecule has 31 heavy (non-hydrogen) atoms. The average Bonchev–Trinajstić information content (AvgIpc) is 3.01. The summed E-state index contributed by atoms with van der Waals surface area (Å²) in [6.45, 7) is 1.79. The number of benzene rings is 2. The molecule has 7 nitrogen and oxygen atoms in total. The van der Waals surface area contributed by atoms with Crippen molar-refractivity contribution in [1.82, 2.24) is 4.98 Å². The lowest BCUT2D eigenvalue weighted by molar-refractivity contribution is -0.00774. The van der Waals surface area contributed by atoms with Crippen molar-refractivity contribution in [3.8, 4) is 5.75 Å². The highest BCUT2D eigenvalue weighted by molar-refractivity contribution is 9.10. The van der Waals surface area contributed by atoms with Crippen molar-refractivity contribution in [2.45, 2.75) is 24.3 Å². The van der Waals surface area contributed by atoms with Gasteiger partial charge in [0, 0.05) is 16.6 Å². The molecule has 162 valence electrons. The van der Waals surface area contributed by atoms with Gasteiger partial charge in [0.25, 0.3) is 16.4 Å².